The molecule has 11 heteroatoms. The Morgan fingerprint density at radius 1 is 1.21 bits per heavy atom. The predicted molar refractivity (Wildman–Crippen MR) is 112 cm³/mol. The molecule has 0 atom stereocenters. The van der Waals surface area contributed by atoms with Crippen LogP contribution in [0.25, 0.3) is 0 Å². The zero-order chi connectivity index (χ0) is 21.0. The number of aromatic nitrogens is 1. The summed E-state index contributed by atoms with van der Waals surface area (Å²) in [7, 11) is -3.80. The maximum absolute atomic E-state index is 13.1. The van der Waals surface area contributed by atoms with Crippen molar-refractivity contribution in [1.29, 1.82) is 0 Å². The van der Waals surface area contributed by atoms with Crippen molar-refractivity contribution >= 4 is 49.9 Å². The number of thiazole rings is 1. The van der Waals surface area contributed by atoms with Crippen molar-refractivity contribution in [2.75, 3.05) is 18.4 Å². The lowest BCUT2D eigenvalue weighted by atomic mass is 10.2. The number of amides is 2. The Morgan fingerprint density at radius 3 is 2.55 bits per heavy atom. The molecule has 1 saturated heterocycles. The molecule has 0 saturated carbocycles. The summed E-state index contributed by atoms with van der Waals surface area (Å²) in [5.74, 6) is -1.04. The number of anilines is 1. The lowest BCUT2D eigenvalue weighted by Gasteiger charge is -2.21. The van der Waals surface area contributed by atoms with Gasteiger partial charge in [-0.15, -0.1) is 11.3 Å². The summed E-state index contributed by atoms with van der Waals surface area (Å²) in [6.07, 6.45) is 3.57. The fraction of sp³-hybridized carbons (Fsp3) is 0.389. The molecule has 0 unspecified atom stereocenters. The van der Waals surface area contributed by atoms with Gasteiger partial charge in [0.25, 0.3) is 5.91 Å². The number of halogens is 1. The Hall–Kier alpha value is -2.01. The Balaban J connectivity index is 1.81. The molecule has 156 valence electrons. The van der Waals surface area contributed by atoms with Crippen LogP contribution in [-0.4, -0.2) is 42.6 Å². The van der Waals surface area contributed by atoms with Gasteiger partial charge in [-0.1, -0.05) is 24.4 Å². The van der Waals surface area contributed by atoms with Crippen molar-refractivity contribution in [2.24, 2.45) is 5.73 Å². The van der Waals surface area contributed by atoms with Gasteiger partial charge in [0, 0.05) is 24.0 Å². The zero-order valence-corrected chi connectivity index (χ0v) is 17.9. The number of carbonyl (C=O) groups excluding carboxylic acids is 2. The van der Waals surface area contributed by atoms with Crippen LogP contribution >= 0.6 is 22.9 Å². The number of nitrogens with one attached hydrogen (secondary N) is 1. The van der Waals surface area contributed by atoms with E-state index in [1.54, 1.807) is 5.38 Å². The average molecular weight is 457 g/mol. The van der Waals surface area contributed by atoms with Crippen LogP contribution < -0.4 is 11.1 Å². The third-order valence-electron chi connectivity index (χ3n) is 4.50. The van der Waals surface area contributed by atoms with Gasteiger partial charge in [-0.2, -0.15) is 4.31 Å². The summed E-state index contributed by atoms with van der Waals surface area (Å²) in [4.78, 5) is 27.6. The second-order valence-electron chi connectivity index (χ2n) is 6.70. The standard InChI is InChI=1S/C18H21ClN4O4S2/c19-14-6-5-12(17(25)22-18-21-13(11-28-18)10-16(20)24)9-15(14)29(26,27)23-7-3-1-2-4-8-23/h5-6,9,11H,1-4,7-8,10H2,(H2,20,24)(H,21,22,25). The fourth-order valence-electron chi connectivity index (χ4n) is 3.06. The number of carbonyl (C=O) groups is 2. The minimum Gasteiger partial charge on any atom is -0.369 e. The van der Waals surface area contributed by atoms with Crippen molar-refractivity contribution < 1.29 is 18.0 Å². The van der Waals surface area contributed by atoms with E-state index >= 15 is 0 Å². The molecule has 1 aromatic heterocycles. The number of hydrogen-bond donors (Lipinski definition) is 2. The first kappa shape index (κ1) is 21.7. The smallest absolute Gasteiger partial charge is 0.257 e. The molecule has 2 heterocycles. The first-order valence-corrected chi connectivity index (χ1v) is 11.8. The molecule has 1 aliphatic heterocycles. The topological polar surface area (TPSA) is 122 Å². The molecule has 2 amide bonds. The van der Waals surface area contributed by atoms with Crippen LogP contribution in [0.2, 0.25) is 5.02 Å². The molecule has 2 aromatic rings. The molecule has 1 fully saturated rings. The molecule has 0 aliphatic carbocycles. The van der Waals surface area contributed by atoms with Crippen molar-refractivity contribution in [3.8, 4) is 0 Å². The van der Waals surface area contributed by atoms with Gasteiger partial charge in [0.1, 0.15) is 4.90 Å². The van der Waals surface area contributed by atoms with E-state index in [1.165, 1.54) is 22.5 Å². The molecular formula is C18H21ClN4O4S2. The minimum absolute atomic E-state index is 0.0223. The third-order valence-corrected chi connectivity index (χ3v) is 7.69. The molecule has 0 radical (unpaired) electrons. The number of sulfonamides is 1. The van der Waals surface area contributed by atoms with Gasteiger partial charge < -0.3 is 5.73 Å². The lowest BCUT2D eigenvalue weighted by molar-refractivity contribution is -0.117. The number of nitrogens with zero attached hydrogens (tertiary/aromatic N) is 2. The number of primary amides is 1. The molecule has 1 aromatic carbocycles. The van der Waals surface area contributed by atoms with Crippen molar-refractivity contribution in [1.82, 2.24) is 9.29 Å². The van der Waals surface area contributed by atoms with Crippen LogP contribution in [0.5, 0.6) is 0 Å². The SMILES string of the molecule is NC(=O)Cc1csc(NC(=O)c2ccc(Cl)c(S(=O)(=O)N3CCCCCC3)c2)n1. The highest BCUT2D eigenvalue weighted by molar-refractivity contribution is 7.89. The molecule has 1 aliphatic rings. The molecular weight excluding hydrogens is 436 g/mol. The van der Waals surface area contributed by atoms with Crippen molar-refractivity contribution in [3.63, 3.8) is 0 Å². The normalized spacial score (nSPS) is 15.6. The van der Waals surface area contributed by atoms with E-state index in [4.69, 9.17) is 17.3 Å². The Bertz CT molecular complexity index is 1010. The van der Waals surface area contributed by atoms with Gasteiger partial charge >= 0.3 is 0 Å². The minimum atomic E-state index is -3.80. The molecule has 8 nitrogen and oxygen atoms in total. The van der Waals surface area contributed by atoms with E-state index in [9.17, 15) is 18.0 Å². The third kappa shape index (κ3) is 5.33. The van der Waals surface area contributed by atoms with E-state index in [0.29, 0.717) is 18.8 Å². The number of rotatable bonds is 6. The van der Waals surface area contributed by atoms with Crippen molar-refractivity contribution in [3.05, 3.63) is 39.9 Å². The monoisotopic (exact) mass is 456 g/mol. The van der Waals surface area contributed by atoms with Crippen LogP contribution in [0.15, 0.2) is 28.5 Å². The highest BCUT2D eigenvalue weighted by Crippen LogP contribution is 2.28. The van der Waals surface area contributed by atoms with Crippen LogP contribution in [0, 0.1) is 0 Å². The molecule has 3 rings (SSSR count). The number of benzene rings is 1. The maximum atomic E-state index is 13.1. The van der Waals surface area contributed by atoms with E-state index in [-0.39, 0.29) is 27.0 Å². The van der Waals surface area contributed by atoms with E-state index in [0.717, 1.165) is 37.0 Å². The summed E-state index contributed by atoms with van der Waals surface area (Å²) in [5.41, 5.74) is 5.74. The molecule has 29 heavy (non-hydrogen) atoms. The van der Waals surface area contributed by atoms with Crippen molar-refractivity contribution in [2.45, 2.75) is 37.0 Å². The van der Waals surface area contributed by atoms with E-state index < -0.39 is 21.8 Å². The van der Waals surface area contributed by atoms with Gasteiger partial charge in [-0.25, -0.2) is 13.4 Å². The summed E-state index contributed by atoms with van der Waals surface area (Å²) < 4.78 is 27.5. The Kier molecular flexibility index (Phi) is 6.89. The summed E-state index contributed by atoms with van der Waals surface area (Å²) in [6, 6.07) is 4.15. The molecule has 3 N–H and O–H groups in total. The van der Waals surface area contributed by atoms with Crippen LogP contribution in [0.1, 0.15) is 41.7 Å². The van der Waals surface area contributed by atoms with Crippen LogP contribution in [0.4, 0.5) is 5.13 Å². The summed E-state index contributed by atoms with van der Waals surface area (Å²) in [6.45, 7) is 0.883. The first-order valence-electron chi connectivity index (χ1n) is 9.11. The predicted octanol–water partition coefficient (Wildman–Crippen LogP) is 2.64. The number of hydrogen-bond acceptors (Lipinski definition) is 6. The van der Waals surface area contributed by atoms with E-state index in [2.05, 4.69) is 10.3 Å². The van der Waals surface area contributed by atoms with Gasteiger partial charge in [0.15, 0.2) is 5.13 Å². The van der Waals surface area contributed by atoms with Gasteiger partial charge in [-0.3, -0.25) is 14.9 Å². The second-order valence-corrected chi connectivity index (χ2v) is 9.88. The highest BCUT2D eigenvalue weighted by atomic mass is 35.5. The molecule has 0 spiro atoms. The largest absolute Gasteiger partial charge is 0.369 e. The maximum Gasteiger partial charge on any atom is 0.257 e. The van der Waals surface area contributed by atoms with Crippen LogP contribution in [-0.2, 0) is 21.2 Å². The van der Waals surface area contributed by atoms with Crippen LogP contribution in [0.3, 0.4) is 0 Å². The molecule has 0 bridgehead atoms. The Morgan fingerprint density at radius 2 is 1.90 bits per heavy atom. The number of nitrogens with two attached hydrogens (primary N) is 1. The first-order chi connectivity index (χ1) is 13.8. The van der Waals surface area contributed by atoms with Gasteiger partial charge in [-0.05, 0) is 31.0 Å². The highest BCUT2D eigenvalue weighted by Gasteiger charge is 2.28. The Labute approximate surface area is 178 Å². The quantitative estimate of drug-likeness (QED) is 0.691. The van der Waals surface area contributed by atoms with Gasteiger partial charge in [0.2, 0.25) is 15.9 Å². The second kappa shape index (κ2) is 9.21. The zero-order valence-electron chi connectivity index (χ0n) is 15.6. The lowest BCUT2D eigenvalue weighted by Crippen LogP contribution is -2.32. The average Bonchev–Trinajstić information content (AvgIpc) is 2.92. The van der Waals surface area contributed by atoms with Gasteiger partial charge in [0.05, 0.1) is 17.1 Å². The summed E-state index contributed by atoms with van der Waals surface area (Å²) >= 11 is 7.31. The fourth-order valence-corrected chi connectivity index (χ4v) is 5.78. The summed E-state index contributed by atoms with van der Waals surface area (Å²) in [5, 5.41) is 4.59. The van der Waals surface area contributed by atoms with E-state index in [1.807, 2.05) is 0 Å².